The molecule has 0 amide bonds. The second-order valence-electron chi connectivity index (χ2n) is 3.84. The SMILES string of the molecule is Cn1c(=O)n(-c2nc(C=O)cs2)c2ccccc21. The Balaban J connectivity index is 2.38. The first-order chi connectivity index (χ1) is 8.72. The van der Waals surface area contributed by atoms with Crippen molar-refractivity contribution in [2.24, 2.45) is 7.05 Å². The van der Waals surface area contributed by atoms with Crippen LogP contribution in [0.2, 0.25) is 0 Å². The summed E-state index contributed by atoms with van der Waals surface area (Å²) in [5.41, 5.74) is 1.81. The lowest BCUT2D eigenvalue weighted by molar-refractivity contribution is 0.111. The molecule has 0 aliphatic heterocycles. The van der Waals surface area contributed by atoms with E-state index in [0.29, 0.717) is 17.1 Å². The van der Waals surface area contributed by atoms with Gasteiger partial charge in [0, 0.05) is 12.4 Å². The molecule has 0 fully saturated rings. The highest BCUT2D eigenvalue weighted by Crippen LogP contribution is 2.19. The van der Waals surface area contributed by atoms with E-state index < -0.39 is 0 Å². The summed E-state index contributed by atoms with van der Waals surface area (Å²) >= 11 is 1.28. The number of para-hydroxylation sites is 2. The number of aromatic nitrogens is 3. The van der Waals surface area contributed by atoms with Gasteiger partial charge in [-0.25, -0.2) is 14.3 Å². The van der Waals surface area contributed by atoms with Crippen molar-refractivity contribution < 1.29 is 4.79 Å². The third kappa shape index (κ3) is 1.42. The first kappa shape index (κ1) is 10.9. The molecule has 2 aromatic heterocycles. The van der Waals surface area contributed by atoms with Gasteiger partial charge in [-0.2, -0.15) is 0 Å². The Hall–Kier alpha value is -2.21. The van der Waals surface area contributed by atoms with Crippen LogP contribution in [-0.4, -0.2) is 20.4 Å². The van der Waals surface area contributed by atoms with Crippen LogP contribution in [0.3, 0.4) is 0 Å². The normalized spacial score (nSPS) is 10.9. The van der Waals surface area contributed by atoms with Gasteiger partial charge >= 0.3 is 5.69 Å². The van der Waals surface area contributed by atoms with E-state index >= 15 is 0 Å². The molecule has 3 aromatic rings. The molecular formula is C12H9N3O2S. The minimum atomic E-state index is -0.164. The molecule has 6 heteroatoms. The van der Waals surface area contributed by atoms with Crippen molar-refractivity contribution in [1.29, 1.82) is 0 Å². The number of thiazole rings is 1. The molecule has 0 bridgehead atoms. The number of hydrogen-bond acceptors (Lipinski definition) is 4. The first-order valence-corrected chi connectivity index (χ1v) is 6.18. The van der Waals surface area contributed by atoms with Crippen molar-refractivity contribution in [2.45, 2.75) is 0 Å². The third-order valence-electron chi connectivity index (χ3n) is 2.78. The number of hydrogen-bond donors (Lipinski definition) is 0. The summed E-state index contributed by atoms with van der Waals surface area (Å²) in [6, 6.07) is 7.48. The zero-order chi connectivity index (χ0) is 12.7. The van der Waals surface area contributed by atoms with Gasteiger partial charge in [0.25, 0.3) is 0 Å². The molecule has 0 unspecified atom stereocenters. The molecule has 18 heavy (non-hydrogen) atoms. The number of imidazole rings is 1. The lowest BCUT2D eigenvalue weighted by atomic mass is 10.3. The number of nitrogens with zero attached hydrogens (tertiary/aromatic N) is 3. The standard InChI is InChI=1S/C12H9N3O2S/c1-14-9-4-2-3-5-10(9)15(12(14)17)11-13-8(6-16)7-18-11/h2-7H,1H3. The molecule has 5 nitrogen and oxygen atoms in total. The maximum atomic E-state index is 12.2. The molecule has 0 saturated carbocycles. The van der Waals surface area contributed by atoms with Crippen molar-refractivity contribution in [1.82, 2.24) is 14.1 Å². The monoisotopic (exact) mass is 259 g/mol. The molecule has 3 rings (SSSR count). The molecule has 0 aliphatic carbocycles. The van der Waals surface area contributed by atoms with Crippen molar-refractivity contribution in [3.05, 3.63) is 45.8 Å². The highest BCUT2D eigenvalue weighted by atomic mass is 32.1. The van der Waals surface area contributed by atoms with Crippen LogP contribution in [0, 0.1) is 0 Å². The van der Waals surface area contributed by atoms with Gasteiger partial charge in [-0.1, -0.05) is 12.1 Å². The largest absolute Gasteiger partial charge is 0.335 e. The van der Waals surface area contributed by atoms with Crippen LogP contribution in [0.1, 0.15) is 10.5 Å². The Labute approximate surface area is 106 Å². The number of aryl methyl sites for hydroxylation is 1. The summed E-state index contributed by atoms with van der Waals surface area (Å²) in [5.74, 6) is 0. The van der Waals surface area contributed by atoms with Gasteiger partial charge in [0.1, 0.15) is 5.69 Å². The molecule has 0 atom stereocenters. The Morgan fingerprint density at radius 1 is 1.28 bits per heavy atom. The quantitative estimate of drug-likeness (QED) is 0.657. The van der Waals surface area contributed by atoms with E-state index in [9.17, 15) is 9.59 Å². The molecule has 0 aliphatic rings. The molecule has 1 aromatic carbocycles. The maximum Gasteiger partial charge on any atom is 0.335 e. The molecule has 0 N–H and O–H groups in total. The van der Waals surface area contributed by atoms with Crippen molar-refractivity contribution in [3.8, 4) is 5.13 Å². The van der Waals surface area contributed by atoms with Crippen LogP contribution in [0.5, 0.6) is 0 Å². The van der Waals surface area contributed by atoms with Gasteiger partial charge in [0.15, 0.2) is 11.4 Å². The molecule has 0 saturated heterocycles. The van der Waals surface area contributed by atoms with Crippen molar-refractivity contribution in [2.75, 3.05) is 0 Å². The highest BCUT2D eigenvalue weighted by Gasteiger charge is 2.14. The molecule has 0 spiro atoms. The van der Waals surface area contributed by atoms with Crippen LogP contribution in [0.15, 0.2) is 34.4 Å². The minimum absolute atomic E-state index is 0.164. The average Bonchev–Trinajstić information content (AvgIpc) is 2.95. The number of carbonyl (C=O) groups excluding carboxylic acids is 1. The number of rotatable bonds is 2. The van der Waals surface area contributed by atoms with Crippen LogP contribution < -0.4 is 5.69 Å². The predicted octanol–water partition coefficient (Wildman–Crippen LogP) is 1.60. The van der Waals surface area contributed by atoms with E-state index in [2.05, 4.69) is 4.98 Å². The van der Waals surface area contributed by atoms with E-state index in [1.807, 2.05) is 24.3 Å². The van der Waals surface area contributed by atoms with Gasteiger partial charge in [-0.3, -0.25) is 9.36 Å². The Bertz CT molecular complexity index is 797. The third-order valence-corrected chi connectivity index (χ3v) is 3.63. The van der Waals surface area contributed by atoms with E-state index in [1.165, 1.54) is 15.9 Å². The van der Waals surface area contributed by atoms with Crippen molar-refractivity contribution in [3.63, 3.8) is 0 Å². The van der Waals surface area contributed by atoms with E-state index in [1.54, 1.807) is 17.0 Å². The van der Waals surface area contributed by atoms with Gasteiger partial charge in [-0.15, -0.1) is 11.3 Å². The van der Waals surface area contributed by atoms with Crippen LogP contribution in [0.25, 0.3) is 16.2 Å². The summed E-state index contributed by atoms with van der Waals surface area (Å²) in [7, 11) is 1.72. The van der Waals surface area contributed by atoms with Gasteiger partial charge < -0.3 is 0 Å². The lowest BCUT2D eigenvalue weighted by Crippen LogP contribution is -2.20. The number of aldehydes is 1. The van der Waals surface area contributed by atoms with Crippen LogP contribution in [-0.2, 0) is 7.05 Å². The minimum Gasteiger partial charge on any atom is -0.296 e. The second kappa shape index (κ2) is 3.92. The zero-order valence-electron chi connectivity index (χ0n) is 9.53. The second-order valence-corrected chi connectivity index (χ2v) is 4.68. The molecule has 90 valence electrons. The van der Waals surface area contributed by atoms with E-state index in [4.69, 9.17) is 0 Å². The number of carbonyl (C=O) groups is 1. The van der Waals surface area contributed by atoms with Gasteiger partial charge in [0.2, 0.25) is 0 Å². The molecule has 2 heterocycles. The van der Waals surface area contributed by atoms with Crippen LogP contribution in [0.4, 0.5) is 0 Å². The van der Waals surface area contributed by atoms with Crippen LogP contribution >= 0.6 is 11.3 Å². The lowest BCUT2D eigenvalue weighted by Gasteiger charge is -1.96. The fraction of sp³-hybridized carbons (Fsp3) is 0.0833. The summed E-state index contributed by atoms with van der Waals surface area (Å²) in [6.07, 6.45) is 0.677. The predicted molar refractivity (Wildman–Crippen MR) is 69.6 cm³/mol. The Morgan fingerprint density at radius 3 is 2.67 bits per heavy atom. The van der Waals surface area contributed by atoms with E-state index in [0.717, 1.165) is 11.0 Å². The Kier molecular flexibility index (Phi) is 2.38. The van der Waals surface area contributed by atoms with Gasteiger partial charge in [0.05, 0.1) is 11.0 Å². The summed E-state index contributed by atoms with van der Waals surface area (Å²) in [5, 5.41) is 2.15. The summed E-state index contributed by atoms with van der Waals surface area (Å²) in [4.78, 5) is 27.0. The first-order valence-electron chi connectivity index (χ1n) is 5.30. The number of fused-ring (bicyclic) bond motifs is 1. The Morgan fingerprint density at radius 2 is 2.00 bits per heavy atom. The van der Waals surface area contributed by atoms with E-state index in [-0.39, 0.29) is 5.69 Å². The highest BCUT2D eigenvalue weighted by molar-refractivity contribution is 7.12. The zero-order valence-corrected chi connectivity index (χ0v) is 10.3. The smallest absolute Gasteiger partial charge is 0.296 e. The fourth-order valence-electron chi connectivity index (χ4n) is 1.91. The fourth-order valence-corrected chi connectivity index (χ4v) is 2.69. The number of benzene rings is 1. The average molecular weight is 259 g/mol. The van der Waals surface area contributed by atoms with Gasteiger partial charge in [-0.05, 0) is 12.1 Å². The molecular weight excluding hydrogens is 250 g/mol. The van der Waals surface area contributed by atoms with Crippen molar-refractivity contribution >= 4 is 28.7 Å². The topological polar surface area (TPSA) is 56.9 Å². The molecule has 0 radical (unpaired) electrons. The summed E-state index contributed by atoms with van der Waals surface area (Å²) in [6.45, 7) is 0. The summed E-state index contributed by atoms with van der Waals surface area (Å²) < 4.78 is 3.09. The maximum absolute atomic E-state index is 12.2.